The minimum absolute atomic E-state index is 0.0583. The topological polar surface area (TPSA) is 143 Å². The summed E-state index contributed by atoms with van der Waals surface area (Å²) in [6.45, 7) is 0.0583. The summed E-state index contributed by atoms with van der Waals surface area (Å²) in [5.41, 5.74) is 8.34. The van der Waals surface area contributed by atoms with Gasteiger partial charge < -0.3 is 25.7 Å². The van der Waals surface area contributed by atoms with Crippen molar-refractivity contribution in [1.82, 2.24) is 15.0 Å². The van der Waals surface area contributed by atoms with Crippen LogP contribution in [0.2, 0.25) is 0 Å². The predicted octanol–water partition coefficient (Wildman–Crippen LogP) is 3.66. The van der Waals surface area contributed by atoms with Gasteiger partial charge in [-0.1, -0.05) is 78.9 Å². The first-order valence-corrected chi connectivity index (χ1v) is 12.8. The average molecular weight is 541 g/mol. The fraction of sp³-hybridized carbons (Fsp3) is 0.200. The second-order valence-corrected chi connectivity index (χ2v) is 9.55. The number of hydrogen-bond donors (Lipinski definition) is 4. The molecule has 0 spiro atoms. The van der Waals surface area contributed by atoms with Gasteiger partial charge in [0.1, 0.15) is 25.0 Å². The number of fused-ring (bicyclic) bond motifs is 3. The number of hydrogen-bond acceptors (Lipinski definition) is 6. The first-order chi connectivity index (χ1) is 19.4. The summed E-state index contributed by atoms with van der Waals surface area (Å²) in [6, 6.07) is 22.8. The van der Waals surface area contributed by atoms with Crippen LogP contribution in [0.15, 0.2) is 91.4 Å². The van der Waals surface area contributed by atoms with E-state index in [0.717, 1.165) is 27.8 Å². The lowest BCUT2D eigenvalue weighted by Gasteiger charge is -2.17. The van der Waals surface area contributed by atoms with Gasteiger partial charge in [-0.2, -0.15) is 0 Å². The Morgan fingerprint density at radius 3 is 2.05 bits per heavy atom. The number of nitrogens with one attached hydrogen (secondary N) is 2. The maximum Gasteiger partial charge on any atom is 0.407 e. The molecule has 1 amide bonds. The molecule has 1 aliphatic rings. The molecule has 0 bridgehead atoms. The monoisotopic (exact) mass is 540 g/mol. The maximum atomic E-state index is 12.6. The van der Waals surface area contributed by atoms with E-state index in [0.29, 0.717) is 5.69 Å². The zero-order valence-electron chi connectivity index (χ0n) is 21.4. The summed E-state index contributed by atoms with van der Waals surface area (Å²) in [7, 11) is 0. The number of benzene rings is 3. The maximum absolute atomic E-state index is 12.6. The van der Waals surface area contributed by atoms with Gasteiger partial charge in [0, 0.05) is 25.0 Å². The molecule has 204 valence electrons. The highest BCUT2D eigenvalue weighted by Gasteiger charge is 2.30. The average Bonchev–Trinajstić information content (AvgIpc) is 3.53. The summed E-state index contributed by atoms with van der Waals surface area (Å²) < 4.78 is 6.86. The molecule has 1 aliphatic carbocycles. The van der Waals surface area contributed by atoms with Crippen molar-refractivity contribution in [3.63, 3.8) is 0 Å². The molecule has 1 aromatic heterocycles. The van der Waals surface area contributed by atoms with Crippen molar-refractivity contribution >= 4 is 18.0 Å². The van der Waals surface area contributed by atoms with Gasteiger partial charge in [-0.25, -0.2) is 19.4 Å². The number of carbonyl (C=O) groups is 3. The van der Waals surface area contributed by atoms with Gasteiger partial charge in [-0.3, -0.25) is 4.68 Å². The number of nitrogens with zero attached hydrogens (tertiary/aromatic N) is 2. The van der Waals surface area contributed by atoms with Crippen molar-refractivity contribution < 1.29 is 29.3 Å². The molecule has 0 fully saturated rings. The smallest absolute Gasteiger partial charge is 0.407 e. The molecule has 4 aromatic rings. The van der Waals surface area contributed by atoms with Gasteiger partial charge in [0.25, 0.3) is 0 Å². The Kier molecular flexibility index (Phi) is 7.77. The molecule has 5 rings (SSSR count). The lowest BCUT2D eigenvalue weighted by Crippen LogP contribution is -2.43. The van der Waals surface area contributed by atoms with Crippen LogP contribution in [0.3, 0.4) is 0 Å². The third-order valence-corrected chi connectivity index (χ3v) is 6.87. The van der Waals surface area contributed by atoms with E-state index in [1.54, 1.807) is 0 Å². The highest BCUT2D eigenvalue weighted by Crippen LogP contribution is 2.44. The molecule has 1 heterocycles. The molecule has 10 heteroatoms. The molecule has 10 nitrogen and oxygen atoms in total. The van der Waals surface area contributed by atoms with Crippen molar-refractivity contribution in [3.05, 3.63) is 114 Å². The van der Waals surface area contributed by atoms with E-state index in [9.17, 15) is 24.6 Å². The standard InChI is InChI=1S/C30H28N4O6/c35-28(36)26(15-20-16-34(18-31-20)33-27(29(37)38)14-19-8-2-1-3-9-19)32-30(39)40-17-25-23-12-6-4-10-21(23)22-11-5-7-13-24(22)25/h1-13,16,18,25-27,33H,14-15,17H2,(H,32,39)(H,35,36)(H,37,38)/t26-,27-/m0/s1. The Labute approximate surface area is 230 Å². The largest absolute Gasteiger partial charge is 0.480 e. The summed E-state index contributed by atoms with van der Waals surface area (Å²) in [5.74, 6) is -2.44. The van der Waals surface area contributed by atoms with Crippen LogP contribution in [0.5, 0.6) is 0 Å². The van der Waals surface area contributed by atoms with Gasteiger partial charge in [0.05, 0.1) is 5.69 Å². The number of carbonyl (C=O) groups excluding carboxylic acids is 1. The highest BCUT2D eigenvalue weighted by atomic mass is 16.5. The third kappa shape index (κ3) is 5.96. The van der Waals surface area contributed by atoms with Gasteiger partial charge in [-0.15, -0.1) is 0 Å². The molecule has 40 heavy (non-hydrogen) atoms. The minimum Gasteiger partial charge on any atom is -0.480 e. The van der Waals surface area contributed by atoms with Crippen LogP contribution in [0.1, 0.15) is 28.3 Å². The number of aromatic nitrogens is 2. The lowest BCUT2D eigenvalue weighted by atomic mass is 9.98. The molecule has 0 saturated carbocycles. The number of aliphatic carboxylic acids is 2. The minimum atomic E-state index is -1.29. The Hall–Kier alpha value is -5.12. The summed E-state index contributed by atoms with van der Waals surface area (Å²) in [4.78, 5) is 40.5. The van der Waals surface area contributed by atoms with E-state index in [4.69, 9.17) is 4.74 Å². The molecule has 2 atom stereocenters. The number of alkyl carbamates (subject to hydrolysis) is 1. The fourth-order valence-corrected chi connectivity index (χ4v) is 4.95. The lowest BCUT2D eigenvalue weighted by molar-refractivity contribution is -0.139. The normalized spacial score (nSPS) is 13.5. The van der Waals surface area contributed by atoms with Crippen molar-refractivity contribution in [1.29, 1.82) is 0 Å². The van der Waals surface area contributed by atoms with Crippen LogP contribution in [-0.4, -0.2) is 56.6 Å². The summed E-state index contributed by atoms with van der Waals surface area (Å²) in [5, 5.41) is 21.8. The molecule has 4 N–H and O–H groups in total. The van der Waals surface area contributed by atoms with E-state index in [-0.39, 0.29) is 25.4 Å². The molecule has 0 unspecified atom stereocenters. The third-order valence-electron chi connectivity index (χ3n) is 6.87. The summed E-state index contributed by atoms with van der Waals surface area (Å²) in [6.07, 6.45) is 2.13. The van der Waals surface area contributed by atoms with E-state index in [1.807, 2.05) is 78.9 Å². The number of rotatable bonds is 11. The molecule has 0 saturated heterocycles. The zero-order valence-corrected chi connectivity index (χ0v) is 21.4. The number of carboxylic acids is 2. The van der Waals surface area contributed by atoms with Crippen LogP contribution in [0, 0.1) is 0 Å². The van der Waals surface area contributed by atoms with Crippen LogP contribution in [0.25, 0.3) is 11.1 Å². The second kappa shape index (κ2) is 11.7. The molecule has 0 radical (unpaired) electrons. The first-order valence-electron chi connectivity index (χ1n) is 12.8. The Morgan fingerprint density at radius 1 is 0.825 bits per heavy atom. The van der Waals surface area contributed by atoms with E-state index in [1.165, 1.54) is 17.2 Å². The quantitative estimate of drug-likeness (QED) is 0.226. The molecular formula is C30H28N4O6. The van der Waals surface area contributed by atoms with E-state index in [2.05, 4.69) is 15.7 Å². The molecule has 0 aliphatic heterocycles. The van der Waals surface area contributed by atoms with Crippen molar-refractivity contribution in [3.8, 4) is 11.1 Å². The van der Waals surface area contributed by atoms with Gasteiger partial charge >= 0.3 is 18.0 Å². The van der Waals surface area contributed by atoms with Crippen LogP contribution in [-0.2, 0) is 27.2 Å². The van der Waals surface area contributed by atoms with Crippen LogP contribution in [0.4, 0.5) is 4.79 Å². The second-order valence-electron chi connectivity index (χ2n) is 9.55. The number of carboxylic acid groups (broad SMARTS) is 2. The van der Waals surface area contributed by atoms with Gasteiger partial charge in [-0.05, 0) is 27.8 Å². The Morgan fingerprint density at radius 2 is 1.43 bits per heavy atom. The van der Waals surface area contributed by atoms with Crippen molar-refractivity contribution in [2.45, 2.75) is 30.8 Å². The zero-order chi connectivity index (χ0) is 28.1. The predicted molar refractivity (Wildman–Crippen MR) is 146 cm³/mol. The first kappa shape index (κ1) is 26.5. The summed E-state index contributed by atoms with van der Waals surface area (Å²) >= 11 is 0. The highest BCUT2D eigenvalue weighted by molar-refractivity contribution is 5.81. The van der Waals surface area contributed by atoms with E-state index < -0.39 is 30.1 Å². The molecular weight excluding hydrogens is 512 g/mol. The van der Waals surface area contributed by atoms with E-state index >= 15 is 0 Å². The number of imidazole rings is 1. The Bertz CT molecular complexity index is 1470. The van der Waals surface area contributed by atoms with Crippen molar-refractivity contribution in [2.75, 3.05) is 12.0 Å². The fourth-order valence-electron chi connectivity index (χ4n) is 4.95. The SMILES string of the molecule is O=C(N[C@@H](Cc1cn(N[C@@H](Cc2ccccc2)C(=O)O)cn1)C(=O)O)OCC1c2ccccc2-c2ccccc21. The van der Waals surface area contributed by atoms with Crippen molar-refractivity contribution in [2.24, 2.45) is 0 Å². The number of amides is 1. The Balaban J connectivity index is 1.19. The van der Waals surface area contributed by atoms with Crippen LogP contribution >= 0.6 is 0 Å². The van der Waals surface area contributed by atoms with Gasteiger partial charge in [0.15, 0.2) is 0 Å². The van der Waals surface area contributed by atoms with Crippen LogP contribution < -0.4 is 10.7 Å². The molecule has 3 aromatic carbocycles. The number of ether oxygens (including phenoxy) is 1. The van der Waals surface area contributed by atoms with Gasteiger partial charge in [0.2, 0.25) is 0 Å².